The molecule has 5 rings (SSSR count). The number of nitriles is 1. The quantitative estimate of drug-likeness (QED) is 0.189. The molecule has 0 spiro atoms. The summed E-state index contributed by atoms with van der Waals surface area (Å²) in [5, 5.41) is 27.2. The third kappa shape index (κ3) is 5.46. The van der Waals surface area contributed by atoms with Gasteiger partial charge >= 0.3 is 0 Å². The maximum Gasteiger partial charge on any atom is 0.255 e. The number of aromatic nitrogens is 2. The molecule has 0 saturated heterocycles. The Morgan fingerprint density at radius 3 is 2.64 bits per heavy atom. The minimum atomic E-state index is -0.286. The van der Waals surface area contributed by atoms with E-state index in [2.05, 4.69) is 52.7 Å². The molecule has 39 heavy (non-hydrogen) atoms. The maximum absolute atomic E-state index is 12.4. The Hall–Kier alpha value is -5.09. The number of rotatable bonds is 8. The summed E-state index contributed by atoms with van der Waals surface area (Å²) in [5.41, 5.74) is 7.49. The fraction of sp³-hybridized carbons (Fsp3) is 0.156. The Kier molecular flexibility index (Phi) is 7.28. The highest BCUT2D eigenvalue weighted by Crippen LogP contribution is 2.35. The van der Waals surface area contributed by atoms with Gasteiger partial charge in [0.05, 0.1) is 16.8 Å². The van der Waals surface area contributed by atoms with Crippen LogP contribution in [-0.4, -0.2) is 27.5 Å². The van der Waals surface area contributed by atoms with E-state index in [1.54, 1.807) is 30.6 Å². The van der Waals surface area contributed by atoms with E-state index in [1.807, 2.05) is 36.5 Å². The van der Waals surface area contributed by atoms with Crippen LogP contribution in [0.1, 0.15) is 34.0 Å². The van der Waals surface area contributed by atoms with Gasteiger partial charge in [-0.15, -0.1) is 0 Å². The average molecular weight is 516 g/mol. The highest BCUT2D eigenvalue weighted by molar-refractivity contribution is 5.96. The number of phenolic OH excluding ortho intramolecular Hbond substituents is 1. The molecule has 2 heterocycles. The topological polar surface area (TPSA) is 114 Å². The van der Waals surface area contributed by atoms with Crippen molar-refractivity contribution in [2.75, 3.05) is 11.9 Å². The Labute approximate surface area is 227 Å². The van der Waals surface area contributed by atoms with Crippen molar-refractivity contribution in [1.82, 2.24) is 15.3 Å². The third-order valence-electron chi connectivity index (χ3n) is 6.94. The number of aromatic amines is 1. The Bertz CT molecular complexity index is 1680. The van der Waals surface area contributed by atoms with E-state index >= 15 is 0 Å². The van der Waals surface area contributed by atoms with Crippen LogP contribution in [0.2, 0.25) is 0 Å². The smallest absolute Gasteiger partial charge is 0.255 e. The number of benzene rings is 3. The molecule has 7 nitrogen and oxygen atoms in total. The number of aromatic hydroxyl groups is 1. The molecule has 2 aromatic heterocycles. The second-order valence-electron chi connectivity index (χ2n) is 9.76. The number of fused-ring (bicyclic) bond motifs is 1. The van der Waals surface area contributed by atoms with Crippen LogP contribution in [0.3, 0.4) is 0 Å². The fourth-order valence-corrected chi connectivity index (χ4v) is 4.78. The zero-order chi connectivity index (χ0) is 27.4. The van der Waals surface area contributed by atoms with Gasteiger partial charge in [-0.05, 0) is 66.3 Å². The van der Waals surface area contributed by atoms with Crippen LogP contribution in [0.4, 0.5) is 11.4 Å². The van der Waals surface area contributed by atoms with Crippen LogP contribution in [0.25, 0.3) is 22.0 Å². The third-order valence-corrected chi connectivity index (χ3v) is 6.94. The monoisotopic (exact) mass is 515 g/mol. The molecule has 0 aliphatic rings. The molecule has 0 saturated carbocycles. The SMILES string of the molecule is Cc1c(Nc2c(C#N)cncc2-c2ccc(CC(C)CNC(=O)c3ccccc3O)cc2)ccc2[nH]ccc12. The van der Waals surface area contributed by atoms with E-state index in [-0.39, 0.29) is 23.1 Å². The number of carbonyl (C=O) groups excluding carboxylic acids is 1. The first-order chi connectivity index (χ1) is 18.9. The molecular formula is C32H29N5O2. The lowest BCUT2D eigenvalue weighted by Gasteiger charge is -2.17. The van der Waals surface area contributed by atoms with Crippen molar-refractivity contribution in [3.63, 3.8) is 0 Å². The molecule has 3 aromatic carbocycles. The van der Waals surface area contributed by atoms with Gasteiger partial charge in [0.1, 0.15) is 11.8 Å². The molecule has 5 aromatic rings. The van der Waals surface area contributed by atoms with E-state index in [4.69, 9.17) is 0 Å². The highest BCUT2D eigenvalue weighted by atomic mass is 16.3. The molecule has 0 bridgehead atoms. The second-order valence-corrected chi connectivity index (χ2v) is 9.76. The second kappa shape index (κ2) is 11.1. The summed E-state index contributed by atoms with van der Waals surface area (Å²) < 4.78 is 0. The number of para-hydroxylation sites is 1. The standard InChI is InChI=1S/C32H29N5O2/c1-20(17-36-32(39)26-5-3-4-6-30(26)38)15-22-7-9-23(10-8-22)27-19-34-18-24(16-33)31(27)37-28-11-12-29-25(21(28)2)13-14-35-29/h3-14,18-20,35,38H,15,17H2,1-2H3,(H,34,37)(H,36,39). The number of pyridine rings is 1. The average Bonchev–Trinajstić information content (AvgIpc) is 3.44. The van der Waals surface area contributed by atoms with Gasteiger partial charge in [0.25, 0.3) is 5.91 Å². The summed E-state index contributed by atoms with van der Waals surface area (Å²) in [5.74, 6) is -0.119. The molecule has 0 aliphatic heterocycles. The van der Waals surface area contributed by atoms with Crippen LogP contribution in [0, 0.1) is 24.2 Å². The van der Waals surface area contributed by atoms with Crippen molar-refractivity contribution in [3.05, 3.63) is 108 Å². The van der Waals surface area contributed by atoms with Crippen molar-refractivity contribution < 1.29 is 9.90 Å². The van der Waals surface area contributed by atoms with Gasteiger partial charge in [-0.2, -0.15) is 5.26 Å². The van der Waals surface area contributed by atoms with Gasteiger partial charge in [0.15, 0.2) is 0 Å². The van der Waals surface area contributed by atoms with E-state index < -0.39 is 0 Å². The minimum Gasteiger partial charge on any atom is -0.507 e. The molecule has 4 N–H and O–H groups in total. The van der Waals surface area contributed by atoms with Crippen LogP contribution < -0.4 is 10.6 Å². The molecule has 0 radical (unpaired) electrons. The molecule has 1 unspecified atom stereocenters. The van der Waals surface area contributed by atoms with Gasteiger partial charge in [0.2, 0.25) is 0 Å². The van der Waals surface area contributed by atoms with Crippen LogP contribution in [0.5, 0.6) is 5.75 Å². The summed E-state index contributed by atoms with van der Waals surface area (Å²) in [6, 6.07) is 23.1. The van der Waals surface area contributed by atoms with Crippen molar-refractivity contribution in [2.45, 2.75) is 20.3 Å². The van der Waals surface area contributed by atoms with Crippen LogP contribution >= 0.6 is 0 Å². The van der Waals surface area contributed by atoms with E-state index in [0.717, 1.165) is 51.0 Å². The van der Waals surface area contributed by atoms with E-state index in [1.165, 1.54) is 6.07 Å². The first-order valence-corrected chi connectivity index (χ1v) is 12.8. The number of amides is 1. The number of anilines is 2. The summed E-state index contributed by atoms with van der Waals surface area (Å²) in [6.45, 7) is 4.62. The molecule has 1 amide bonds. The van der Waals surface area contributed by atoms with Crippen molar-refractivity contribution in [2.24, 2.45) is 5.92 Å². The summed E-state index contributed by atoms with van der Waals surface area (Å²) in [7, 11) is 0. The number of nitrogens with one attached hydrogen (secondary N) is 3. The summed E-state index contributed by atoms with van der Waals surface area (Å²) in [4.78, 5) is 20.0. The molecule has 194 valence electrons. The van der Waals surface area contributed by atoms with Crippen molar-refractivity contribution >= 4 is 28.2 Å². The highest BCUT2D eigenvalue weighted by Gasteiger charge is 2.15. The first-order valence-electron chi connectivity index (χ1n) is 12.8. The molecular weight excluding hydrogens is 486 g/mol. The number of hydrogen-bond acceptors (Lipinski definition) is 5. The lowest BCUT2D eigenvalue weighted by molar-refractivity contribution is 0.0945. The maximum atomic E-state index is 12.4. The predicted octanol–water partition coefficient (Wildman–Crippen LogP) is 6.47. The Morgan fingerprint density at radius 1 is 1.08 bits per heavy atom. The number of H-pyrrole nitrogens is 1. The number of hydrogen-bond donors (Lipinski definition) is 4. The Morgan fingerprint density at radius 2 is 1.87 bits per heavy atom. The van der Waals surface area contributed by atoms with Crippen molar-refractivity contribution in [3.8, 4) is 22.9 Å². The lowest BCUT2D eigenvalue weighted by Crippen LogP contribution is -2.29. The summed E-state index contributed by atoms with van der Waals surface area (Å²) in [6.07, 6.45) is 6.05. The fourth-order valence-electron chi connectivity index (χ4n) is 4.78. The number of nitrogens with zero attached hydrogens (tertiary/aromatic N) is 2. The minimum absolute atomic E-state index is 0.0257. The normalized spacial score (nSPS) is 11.6. The van der Waals surface area contributed by atoms with Gasteiger partial charge in [-0.25, -0.2) is 0 Å². The van der Waals surface area contributed by atoms with E-state index in [9.17, 15) is 15.2 Å². The number of phenols is 1. The lowest BCUT2D eigenvalue weighted by atomic mass is 9.97. The predicted molar refractivity (Wildman–Crippen MR) is 154 cm³/mol. The van der Waals surface area contributed by atoms with Crippen molar-refractivity contribution in [1.29, 1.82) is 5.26 Å². The molecule has 7 heteroatoms. The molecule has 1 atom stereocenters. The summed E-state index contributed by atoms with van der Waals surface area (Å²) >= 11 is 0. The molecule has 0 aliphatic carbocycles. The van der Waals surface area contributed by atoms with E-state index in [0.29, 0.717) is 12.1 Å². The van der Waals surface area contributed by atoms with Crippen LogP contribution in [0.15, 0.2) is 85.3 Å². The number of aryl methyl sites for hydroxylation is 1. The van der Waals surface area contributed by atoms with Gasteiger partial charge in [-0.3, -0.25) is 9.78 Å². The van der Waals surface area contributed by atoms with Gasteiger partial charge in [0, 0.05) is 47.3 Å². The Balaban J connectivity index is 1.31. The first kappa shape index (κ1) is 25.6. The van der Waals surface area contributed by atoms with Gasteiger partial charge in [-0.1, -0.05) is 43.3 Å². The number of carbonyl (C=O) groups is 1. The largest absolute Gasteiger partial charge is 0.507 e. The van der Waals surface area contributed by atoms with Gasteiger partial charge < -0.3 is 20.7 Å². The molecule has 0 fully saturated rings. The zero-order valence-corrected chi connectivity index (χ0v) is 21.8. The zero-order valence-electron chi connectivity index (χ0n) is 21.8. The van der Waals surface area contributed by atoms with Crippen LogP contribution in [-0.2, 0) is 6.42 Å².